The summed E-state index contributed by atoms with van der Waals surface area (Å²) in [6.07, 6.45) is 1.12. The number of carbonyl (C=O) groups excluding carboxylic acids is 1. The summed E-state index contributed by atoms with van der Waals surface area (Å²) in [6.45, 7) is 6.37. The summed E-state index contributed by atoms with van der Waals surface area (Å²) in [4.78, 5) is 17.9. The summed E-state index contributed by atoms with van der Waals surface area (Å²) in [5, 5.41) is 10.9. The standard InChI is InChI=1S/C15H21BrN2O4/c1-14(2,3)22-13(19)18-6-7-21-10-15(20,9-18)11-4-5-12(16)17-8-11/h4-5,8,20H,6-7,9-10H2,1-3H3. The quantitative estimate of drug-likeness (QED) is 0.765. The van der Waals surface area contributed by atoms with Gasteiger partial charge in [-0.3, -0.25) is 0 Å². The van der Waals surface area contributed by atoms with Crippen molar-refractivity contribution >= 4 is 22.0 Å². The number of rotatable bonds is 1. The topological polar surface area (TPSA) is 71.9 Å². The highest BCUT2D eigenvalue weighted by Gasteiger charge is 2.37. The largest absolute Gasteiger partial charge is 0.444 e. The number of aromatic nitrogens is 1. The van der Waals surface area contributed by atoms with Crippen LogP contribution >= 0.6 is 15.9 Å². The number of hydrogen-bond donors (Lipinski definition) is 1. The van der Waals surface area contributed by atoms with Crippen LogP contribution in [-0.2, 0) is 15.1 Å². The van der Waals surface area contributed by atoms with E-state index in [0.29, 0.717) is 23.3 Å². The molecule has 6 nitrogen and oxygen atoms in total. The smallest absolute Gasteiger partial charge is 0.410 e. The van der Waals surface area contributed by atoms with Crippen LogP contribution in [0.3, 0.4) is 0 Å². The highest BCUT2D eigenvalue weighted by Crippen LogP contribution is 2.26. The van der Waals surface area contributed by atoms with E-state index in [-0.39, 0.29) is 13.2 Å². The summed E-state index contributed by atoms with van der Waals surface area (Å²) in [5.41, 5.74) is -1.28. The molecule has 1 atom stereocenters. The Morgan fingerprint density at radius 3 is 2.82 bits per heavy atom. The Bertz CT molecular complexity index is 529. The average Bonchev–Trinajstić information content (AvgIpc) is 2.60. The van der Waals surface area contributed by atoms with E-state index in [9.17, 15) is 9.90 Å². The van der Waals surface area contributed by atoms with Gasteiger partial charge in [0.25, 0.3) is 0 Å². The van der Waals surface area contributed by atoms with Gasteiger partial charge in [-0.05, 0) is 42.8 Å². The molecule has 122 valence electrons. The molecule has 0 bridgehead atoms. The SMILES string of the molecule is CC(C)(C)OC(=O)N1CCOCC(O)(c2ccc(Br)nc2)C1. The molecule has 1 aliphatic heterocycles. The second-order valence-corrected chi connectivity index (χ2v) is 7.17. The molecule has 1 amide bonds. The Hall–Kier alpha value is -1.18. The van der Waals surface area contributed by atoms with E-state index in [4.69, 9.17) is 9.47 Å². The molecule has 1 unspecified atom stereocenters. The molecule has 0 aliphatic carbocycles. The van der Waals surface area contributed by atoms with Crippen LogP contribution in [0.1, 0.15) is 26.3 Å². The van der Waals surface area contributed by atoms with E-state index in [2.05, 4.69) is 20.9 Å². The Labute approximate surface area is 138 Å². The Kier molecular flexibility index (Phi) is 5.09. The van der Waals surface area contributed by atoms with Gasteiger partial charge in [0.05, 0.1) is 19.8 Å². The molecule has 0 saturated carbocycles. The zero-order valence-corrected chi connectivity index (χ0v) is 14.6. The molecule has 2 rings (SSSR count). The minimum Gasteiger partial charge on any atom is -0.444 e. The van der Waals surface area contributed by atoms with E-state index < -0.39 is 17.3 Å². The van der Waals surface area contributed by atoms with Gasteiger partial charge < -0.3 is 19.5 Å². The van der Waals surface area contributed by atoms with Crippen molar-refractivity contribution in [2.75, 3.05) is 26.3 Å². The first kappa shape index (κ1) is 17.2. The minimum atomic E-state index is -1.30. The first-order valence-corrected chi connectivity index (χ1v) is 7.89. The number of pyridine rings is 1. The van der Waals surface area contributed by atoms with Gasteiger partial charge in [-0.1, -0.05) is 6.07 Å². The molecule has 22 heavy (non-hydrogen) atoms. The fraction of sp³-hybridized carbons (Fsp3) is 0.600. The number of carbonyl (C=O) groups is 1. The lowest BCUT2D eigenvalue weighted by Crippen LogP contribution is -2.46. The highest BCUT2D eigenvalue weighted by molar-refractivity contribution is 9.10. The van der Waals surface area contributed by atoms with Crippen molar-refractivity contribution in [3.63, 3.8) is 0 Å². The van der Waals surface area contributed by atoms with Crippen molar-refractivity contribution in [2.45, 2.75) is 32.0 Å². The molecule has 1 saturated heterocycles. The predicted molar refractivity (Wildman–Crippen MR) is 84.5 cm³/mol. The number of amides is 1. The monoisotopic (exact) mass is 372 g/mol. The van der Waals surface area contributed by atoms with Gasteiger partial charge >= 0.3 is 6.09 Å². The molecule has 1 aromatic heterocycles. The molecule has 1 fully saturated rings. The van der Waals surface area contributed by atoms with E-state index in [1.807, 2.05) is 20.8 Å². The number of nitrogens with zero attached hydrogens (tertiary/aromatic N) is 2. The molecule has 7 heteroatoms. The summed E-state index contributed by atoms with van der Waals surface area (Å²) in [6, 6.07) is 3.51. The molecule has 0 spiro atoms. The van der Waals surface area contributed by atoms with Crippen LogP contribution in [-0.4, -0.2) is 53.0 Å². The molecular formula is C15H21BrN2O4. The number of aliphatic hydroxyl groups is 1. The van der Waals surface area contributed by atoms with Gasteiger partial charge in [-0.15, -0.1) is 0 Å². The summed E-state index contributed by atoms with van der Waals surface area (Å²) < 4.78 is 11.5. The summed E-state index contributed by atoms with van der Waals surface area (Å²) >= 11 is 3.26. The summed E-state index contributed by atoms with van der Waals surface area (Å²) in [7, 11) is 0. The van der Waals surface area contributed by atoms with Crippen molar-refractivity contribution in [3.8, 4) is 0 Å². The second-order valence-electron chi connectivity index (χ2n) is 6.36. The first-order valence-electron chi connectivity index (χ1n) is 7.10. The van der Waals surface area contributed by atoms with Gasteiger partial charge in [0.15, 0.2) is 0 Å². The van der Waals surface area contributed by atoms with Crippen molar-refractivity contribution in [2.24, 2.45) is 0 Å². The van der Waals surface area contributed by atoms with Crippen molar-refractivity contribution in [1.29, 1.82) is 0 Å². The molecule has 0 radical (unpaired) electrons. The third kappa shape index (κ3) is 4.41. The predicted octanol–water partition coefficient (Wildman–Crippen LogP) is 2.30. The molecule has 0 aromatic carbocycles. The fourth-order valence-electron chi connectivity index (χ4n) is 2.16. The number of hydrogen-bond acceptors (Lipinski definition) is 5. The highest BCUT2D eigenvalue weighted by atomic mass is 79.9. The van der Waals surface area contributed by atoms with Crippen LogP contribution in [0.25, 0.3) is 0 Å². The van der Waals surface area contributed by atoms with Crippen molar-refractivity contribution in [3.05, 3.63) is 28.5 Å². The first-order chi connectivity index (χ1) is 10.2. The van der Waals surface area contributed by atoms with Crippen LogP contribution < -0.4 is 0 Å². The lowest BCUT2D eigenvalue weighted by atomic mass is 9.96. The lowest BCUT2D eigenvalue weighted by molar-refractivity contribution is -0.0445. The minimum absolute atomic E-state index is 0.102. The van der Waals surface area contributed by atoms with Crippen LogP contribution in [0.5, 0.6) is 0 Å². The van der Waals surface area contributed by atoms with Crippen LogP contribution in [0, 0.1) is 0 Å². The zero-order valence-electron chi connectivity index (χ0n) is 13.0. The zero-order chi connectivity index (χ0) is 16.4. The molecular weight excluding hydrogens is 352 g/mol. The van der Waals surface area contributed by atoms with Gasteiger partial charge in [0.1, 0.15) is 15.8 Å². The maximum Gasteiger partial charge on any atom is 0.410 e. The molecule has 1 aromatic rings. The van der Waals surface area contributed by atoms with Crippen LogP contribution in [0.15, 0.2) is 22.9 Å². The van der Waals surface area contributed by atoms with E-state index in [1.54, 1.807) is 18.3 Å². The van der Waals surface area contributed by atoms with Crippen molar-refractivity contribution < 1.29 is 19.4 Å². The van der Waals surface area contributed by atoms with Crippen LogP contribution in [0.4, 0.5) is 4.79 Å². The molecule has 1 N–H and O–H groups in total. The van der Waals surface area contributed by atoms with E-state index >= 15 is 0 Å². The van der Waals surface area contributed by atoms with E-state index in [1.165, 1.54) is 4.90 Å². The van der Waals surface area contributed by atoms with Crippen molar-refractivity contribution in [1.82, 2.24) is 9.88 Å². The summed E-state index contributed by atoms with van der Waals surface area (Å²) in [5.74, 6) is 0. The molecule has 2 heterocycles. The Balaban J connectivity index is 2.18. The maximum absolute atomic E-state index is 12.3. The maximum atomic E-state index is 12.3. The molecule has 1 aliphatic rings. The van der Waals surface area contributed by atoms with Crippen LogP contribution in [0.2, 0.25) is 0 Å². The number of β-amino-alcohol motifs (C(OH)–C–C–N with tert-alkyl or cyclic N) is 1. The van der Waals surface area contributed by atoms with Gasteiger partial charge in [-0.25, -0.2) is 9.78 Å². The fourth-order valence-corrected chi connectivity index (χ4v) is 2.40. The Morgan fingerprint density at radius 1 is 1.50 bits per heavy atom. The number of ether oxygens (including phenoxy) is 2. The number of halogens is 1. The Morgan fingerprint density at radius 2 is 2.23 bits per heavy atom. The van der Waals surface area contributed by atoms with E-state index in [0.717, 1.165) is 0 Å². The third-order valence-corrected chi connectivity index (χ3v) is 3.68. The van der Waals surface area contributed by atoms with Gasteiger partial charge in [0, 0.05) is 18.3 Å². The average molecular weight is 373 g/mol. The second kappa shape index (κ2) is 6.52. The van der Waals surface area contributed by atoms with Gasteiger partial charge in [0.2, 0.25) is 0 Å². The third-order valence-electron chi connectivity index (χ3n) is 3.22. The lowest BCUT2D eigenvalue weighted by Gasteiger charge is -2.32. The van der Waals surface area contributed by atoms with Gasteiger partial charge in [-0.2, -0.15) is 0 Å². The normalized spacial score (nSPS) is 23.0.